The molecule has 1 aliphatic rings. The molecule has 1 aromatic heterocycles. The number of hydrogen-bond donors (Lipinski definition) is 1. The van der Waals surface area contributed by atoms with Crippen LogP contribution < -0.4 is 0 Å². The van der Waals surface area contributed by atoms with Gasteiger partial charge in [0.2, 0.25) is 0 Å². The summed E-state index contributed by atoms with van der Waals surface area (Å²) in [5.41, 5.74) is 2.76. The van der Waals surface area contributed by atoms with Crippen LogP contribution in [0.25, 0.3) is 0 Å². The van der Waals surface area contributed by atoms with Gasteiger partial charge < -0.3 is 0 Å². The first-order valence-electron chi connectivity index (χ1n) is 8.64. The van der Waals surface area contributed by atoms with Crippen LogP contribution in [-0.2, 0) is 6.42 Å². The zero-order valence-electron chi connectivity index (χ0n) is 13.5. The summed E-state index contributed by atoms with van der Waals surface area (Å²) in [4.78, 5) is 2.63. The fourth-order valence-corrected chi connectivity index (χ4v) is 3.70. The Morgan fingerprint density at radius 1 is 1.23 bits per heavy atom. The van der Waals surface area contributed by atoms with Crippen molar-refractivity contribution < 1.29 is 0 Å². The first-order valence-corrected chi connectivity index (χ1v) is 8.64. The van der Waals surface area contributed by atoms with E-state index in [9.17, 15) is 0 Å². The average molecular weight is 297 g/mol. The van der Waals surface area contributed by atoms with Crippen molar-refractivity contribution in [1.29, 1.82) is 0 Å². The Morgan fingerprint density at radius 2 is 2.09 bits per heavy atom. The summed E-state index contributed by atoms with van der Waals surface area (Å²) in [5, 5.41) is 7.36. The second-order valence-corrected chi connectivity index (χ2v) is 6.48. The molecule has 2 aromatic rings. The predicted octanol–water partition coefficient (Wildman–Crippen LogP) is 4.21. The van der Waals surface area contributed by atoms with E-state index in [0.29, 0.717) is 6.04 Å². The summed E-state index contributed by atoms with van der Waals surface area (Å²) in [6.45, 7) is 4.68. The highest BCUT2D eigenvalue weighted by Gasteiger charge is 2.29. The lowest BCUT2D eigenvalue weighted by Crippen LogP contribution is -2.37. The lowest BCUT2D eigenvalue weighted by atomic mass is 9.85. The molecule has 1 aromatic carbocycles. The van der Waals surface area contributed by atoms with Crippen LogP contribution in [-0.4, -0.2) is 28.2 Å². The largest absolute Gasteiger partial charge is 0.295 e. The van der Waals surface area contributed by atoms with Crippen molar-refractivity contribution in [2.45, 2.75) is 45.1 Å². The Bertz CT molecular complexity index is 535. The molecule has 3 nitrogen and oxygen atoms in total. The minimum atomic E-state index is 0.525. The third kappa shape index (κ3) is 3.77. The Hall–Kier alpha value is -1.61. The van der Waals surface area contributed by atoms with Crippen molar-refractivity contribution in [3.63, 3.8) is 0 Å². The van der Waals surface area contributed by atoms with Gasteiger partial charge in [0.15, 0.2) is 0 Å². The number of benzene rings is 1. The van der Waals surface area contributed by atoms with Crippen LogP contribution in [0.2, 0.25) is 0 Å². The van der Waals surface area contributed by atoms with Gasteiger partial charge in [-0.05, 0) is 62.7 Å². The van der Waals surface area contributed by atoms with Gasteiger partial charge in [0, 0.05) is 6.20 Å². The van der Waals surface area contributed by atoms with Crippen molar-refractivity contribution in [3.05, 3.63) is 53.9 Å². The lowest BCUT2D eigenvalue weighted by molar-refractivity contribution is 0.105. The van der Waals surface area contributed by atoms with E-state index in [1.54, 1.807) is 0 Å². The highest BCUT2D eigenvalue weighted by Crippen LogP contribution is 2.35. The molecular formula is C19H27N3. The second kappa shape index (κ2) is 7.59. The number of nitrogens with zero attached hydrogens (tertiary/aromatic N) is 2. The number of H-pyrrole nitrogens is 1. The van der Waals surface area contributed by atoms with Gasteiger partial charge in [-0.25, -0.2) is 0 Å². The summed E-state index contributed by atoms with van der Waals surface area (Å²) >= 11 is 0. The van der Waals surface area contributed by atoms with Gasteiger partial charge in [0.25, 0.3) is 0 Å². The maximum atomic E-state index is 4.16. The van der Waals surface area contributed by atoms with Gasteiger partial charge in [-0.15, -0.1) is 0 Å². The maximum Gasteiger partial charge on any atom is 0.0523 e. The van der Waals surface area contributed by atoms with Gasteiger partial charge >= 0.3 is 0 Å². The predicted molar refractivity (Wildman–Crippen MR) is 90.7 cm³/mol. The maximum absolute atomic E-state index is 4.16. The van der Waals surface area contributed by atoms with Gasteiger partial charge in [-0.1, -0.05) is 37.3 Å². The van der Waals surface area contributed by atoms with Crippen LogP contribution in [0.1, 0.15) is 49.9 Å². The van der Waals surface area contributed by atoms with Crippen molar-refractivity contribution in [1.82, 2.24) is 15.1 Å². The minimum Gasteiger partial charge on any atom is -0.295 e. The van der Waals surface area contributed by atoms with Crippen LogP contribution in [0.5, 0.6) is 0 Å². The van der Waals surface area contributed by atoms with Crippen LogP contribution >= 0.6 is 0 Å². The molecule has 2 atom stereocenters. The molecule has 1 aliphatic heterocycles. The molecule has 0 spiro atoms. The third-order valence-corrected chi connectivity index (χ3v) is 4.90. The molecule has 0 bridgehead atoms. The molecule has 0 radical (unpaired) electrons. The van der Waals surface area contributed by atoms with E-state index in [0.717, 1.165) is 5.92 Å². The van der Waals surface area contributed by atoms with Crippen molar-refractivity contribution in [2.24, 2.45) is 5.92 Å². The fourth-order valence-electron chi connectivity index (χ4n) is 3.70. The summed E-state index contributed by atoms with van der Waals surface area (Å²) in [6.07, 6.45) is 8.20. The second-order valence-electron chi connectivity index (χ2n) is 6.48. The number of aromatic nitrogens is 2. The molecule has 0 saturated carbocycles. The molecule has 0 amide bonds. The van der Waals surface area contributed by atoms with Crippen molar-refractivity contribution in [2.75, 3.05) is 13.1 Å². The topological polar surface area (TPSA) is 31.9 Å². The van der Waals surface area contributed by atoms with E-state index < -0.39 is 0 Å². The molecule has 1 fully saturated rings. The minimum absolute atomic E-state index is 0.525. The number of nitrogens with one attached hydrogen (secondary N) is 1. The zero-order chi connectivity index (χ0) is 15.2. The standard InChI is InChI=1S/C19H27N3/c1-2-13-22-14-11-17(9-8-16-6-4-3-5-7-16)15-19(22)18-10-12-20-21-18/h3-7,10,12,17,19H,2,8-9,11,13-15H2,1H3,(H,20,21). The normalized spacial score (nSPS) is 22.8. The van der Waals surface area contributed by atoms with Crippen molar-refractivity contribution in [3.8, 4) is 0 Å². The lowest BCUT2D eigenvalue weighted by Gasteiger charge is -2.39. The molecular weight excluding hydrogens is 270 g/mol. The molecule has 2 heterocycles. The summed E-state index contributed by atoms with van der Waals surface area (Å²) in [6, 6.07) is 13.6. The van der Waals surface area contributed by atoms with Crippen LogP contribution in [0.4, 0.5) is 0 Å². The number of hydrogen-bond acceptors (Lipinski definition) is 2. The summed E-state index contributed by atoms with van der Waals surface area (Å²) < 4.78 is 0. The molecule has 118 valence electrons. The highest BCUT2D eigenvalue weighted by atomic mass is 15.2. The van der Waals surface area contributed by atoms with E-state index in [2.05, 4.69) is 58.4 Å². The van der Waals surface area contributed by atoms with Gasteiger partial charge in [0.05, 0.1) is 11.7 Å². The Morgan fingerprint density at radius 3 is 2.82 bits per heavy atom. The molecule has 3 heteroatoms. The number of aryl methyl sites for hydroxylation is 1. The molecule has 1 saturated heterocycles. The quantitative estimate of drug-likeness (QED) is 0.866. The first kappa shape index (κ1) is 15.3. The van der Waals surface area contributed by atoms with Crippen LogP contribution in [0.3, 0.4) is 0 Å². The van der Waals surface area contributed by atoms with Gasteiger partial charge in [0.1, 0.15) is 0 Å². The monoisotopic (exact) mass is 297 g/mol. The number of aromatic amines is 1. The smallest absolute Gasteiger partial charge is 0.0523 e. The SMILES string of the molecule is CCCN1CCC(CCc2ccccc2)CC1c1ccn[nH]1. The van der Waals surface area contributed by atoms with Crippen LogP contribution in [0, 0.1) is 5.92 Å². The molecule has 0 aliphatic carbocycles. The molecule has 22 heavy (non-hydrogen) atoms. The molecule has 2 unspecified atom stereocenters. The highest BCUT2D eigenvalue weighted by molar-refractivity contribution is 5.15. The van der Waals surface area contributed by atoms with Crippen LogP contribution in [0.15, 0.2) is 42.6 Å². The van der Waals surface area contributed by atoms with Gasteiger partial charge in [-0.2, -0.15) is 5.10 Å². The molecule has 3 rings (SSSR count). The van der Waals surface area contributed by atoms with E-state index in [-0.39, 0.29) is 0 Å². The number of likely N-dealkylation sites (tertiary alicyclic amines) is 1. The van der Waals surface area contributed by atoms with E-state index in [1.807, 2.05) is 6.20 Å². The molecule has 1 N–H and O–H groups in total. The summed E-state index contributed by atoms with van der Waals surface area (Å²) in [7, 11) is 0. The summed E-state index contributed by atoms with van der Waals surface area (Å²) in [5.74, 6) is 0.821. The average Bonchev–Trinajstić information content (AvgIpc) is 3.09. The van der Waals surface area contributed by atoms with Crippen molar-refractivity contribution >= 4 is 0 Å². The van der Waals surface area contributed by atoms with E-state index in [1.165, 1.54) is 56.5 Å². The first-order chi connectivity index (χ1) is 10.9. The fraction of sp³-hybridized carbons (Fsp3) is 0.526. The van der Waals surface area contributed by atoms with E-state index >= 15 is 0 Å². The Balaban J connectivity index is 1.61. The third-order valence-electron chi connectivity index (χ3n) is 4.90. The number of rotatable bonds is 6. The Labute approximate surface area is 133 Å². The Kier molecular flexibility index (Phi) is 5.28. The zero-order valence-corrected chi connectivity index (χ0v) is 13.5. The van der Waals surface area contributed by atoms with Gasteiger partial charge in [-0.3, -0.25) is 10.00 Å². The number of piperidine rings is 1. The van der Waals surface area contributed by atoms with E-state index in [4.69, 9.17) is 0 Å².